The minimum Gasteiger partial charge on any atom is -0.450 e. The van der Waals surface area contributed by atoms with Gasteiger partial charge in [-0.05, 0) is 31.7 Å². The highest BCUT2D eigenvalue weighted by Gasteiger charge is 2.30. The summed E-state index contributed by atoms with van der Waals surface area (Å²) in [6.07, 6.45) is 2.75. The van der Waals surface area contributed by atoms with E-state index in [0.29, 0.717) is 31.7 Å². The number of piperidine rings is 1. The first-order valence-corrected chi connectivity index (χ1v) is 10.3. The van der Waals surface area contributed by atoms with Gasteiger partial charge in [-0.2, -0.15) is 0 Å². The number of likely N-dealkylation sites (tertiary alicyclic amines) is 1. The molecule has 0 saturated carbocycles. The first-order valence-electron chi connectivity index (χ1n) is 10.3. The summed E-state index contributed by atoms with van der Waals surface area (Å²) in [6.45, 7) is 5.28. The average Bonchev–Trinajstić information content (AvgIpc) is 3.21. The molecule has 0 spiro atoms. The number of hydrogen-bond acceptors (Lipinski definition) is 4. The number of aliphatic imine (C=N–C) groups is 1. The number of nitrogens with one attached hydrogen (secondary N) is 2. The zero-order valence-corrected chi connectivity index (χ0v) is 19.6. The fourth-order valence-corrected chi connectivity index (χ4v) is 3.89. The average molecular weight is 516 g/mol. The molecule has 8 heteroatoms. The molecule has 0 radical (unpaired) electrons. The van der Waals surface area contributed by atoms with E-state index in [-0.39, 0.29) is 36.2 Å². The number of halogens is 1. The van der Waals surface area contributed by atoms with Crippen LogP contribution in [-0.2, 0) is 9.47 Å². The molecule has 2 heterocycles. The van der Waals surface area contributed by atoms with E-state index in [9.17, 15) is 4.79 Å². The maximum atomic E-state index is 11.8. The fourth-order valence-electron chi connectivity index (χ4n) is 3.89. The van der Waals surface area contributed by atoms with Crippen LogP contribution in [-0.4, -0.2) is 62.9 Å². The van der Waals surface area contributed by atoms with Gasteiger partial charge in [-0.25, -0.2) is 4.79 Å². The van der Waals surface area contributed by atoms with Crippen LogP contribution in [0.2, 0.25) is 0 Å². The number of guanidine groups is 1. The van der Waals surface area contributed by atoms with Crippen LogP contribution in [0.15, 0.2) is 35.3 Å². The van der Waals surface area contributed by atoms with Crippen molar-refractivity contribution in [1.29, 1.82) is 0 Å². The molecule has 3 rings (SSSR count). The Bertz CT molecular complexity index is 651. The molecule has 2 saturated heterocycles. The Labute approximate surface area is 190 Å². The normalized spacial score (nSPS) is 22.7. The molecule has 0 bridgehead atoms. The van der Waals surface area contributed by atoms with Gasteiger partial charge in [-0.1, -0.05) is 30.3 Å². The third-order valence-corrected chi connectivity index (χ3v) is 5.46. The molecule has 162 valence electrons. The molecule has 29 heavy (non-hydrogen) atoms. The standard InChI is InChI=1S/C21H32N4O3.HI/c1-3-27-21(26)25-12-9-18(10-13-25)24-20(22-2)23-15-17-11-14-28-19(17)16-7-5-4-6-8-16;/h4-8,17-19H,3,9-15H2,1-2H3,(H2,22,23,24);1H. The summed E-state index contributed by atoms with van der Waals surface area (Å²) in [5.41, 5.74) is 1.24. The van der Waals surface area contributed by atoms with E-state index in [2.05, 4.69) is 39.9 Å². The van der Waals surface area contributed by atoms with E-state index in [1.165, 1.54) is 5.56 Å². The minimum absolute atomic E-state index is 0. The highest BCUT2D eigenvalue weighted by atomic mass is 127. The molecule has 2 unspecified atom stereocenters. The minimum atomic E-state index is -0.211. The molecular weight excluding hydrogens is 483 g/mol. The van der Waals surface area contributed by atoms with E-state index in [4.69, 9.17) is 9.47 Å². The number of amides is 1. The van der Waals surface area contributed by atoms with Gasteiger partial charge in [-0.15, -0.1) is 24.0 Å². The molecule has 2 aliphatic heterocycles. The highest BCUT2D eigenvalue weighted by molar-refractivity contribution is 14.0. The lowest BCUT2D eigenvalue weighted by atomic mass is 9.95. The first-order chi connectivity index (χ1) is 13.7. The third-order valence-electron chi connectivity index (χ3n) is 5.46. The van der Waals surface area contributed by atoms with Gasteiger partial charge in [0.05, 0.1) is 12.7 Å². The number of carbonyl (C=O) groups is 1. The van der Waals surface area contributed by atoms with Gasteiger partial charge in [0.2, 0.25) is 0 Å². The van der Waals surface area contributed by atoms with E-state index in [1.54, 1.807) is 11.9 Å². The summed E-state index contributed by atoms with van der Waals surface area (Å²) in [6, 6.07) is 10.7. The van der Waals surface area contributed by atoms with Crippen molar-refractivity contribution in [3.05, 3.63) is 35.9 Å². The Balaban J connectivity index is 0.00000300. The van der Waals surface area contributed by atoms with Gasteiger partial charge in [0.25, 0.3) is 0 Å². The lowest BCUT2D eigenvalue weighted by Crippen LogP contribution is -2.50. The zero-order valence-electron chi connectivity index (χ0n) is 17.3. The van der Waals surface area contributed by atoms with Gasteiger partial charge in [0.15, 0.2) is 5.96 Å². The molecule has 2 fully saturated rings. The summed E-state index contributed by atoms with van der Waals surface area (Å²) < 4.78 is 11.1. The van der Waals surface area contributed by atoms with Crippen molar-refractivity contribution in [3.8, 4) is 0 Å². The van der Waals surface area contributed by atoms with Crippen molar-refractivity contribution in [3.63, 3.8) is 0 Å². The maximum Gasteiger partial charge on any atom is 0.409 e. The molecule has 7 nitrogen and oxygen atoms in total. The van der Waals surface area contributed by atoms with Crippen molar-refractivity contribution in [2.75, 3.05) is 39.9 Å². The fraction of sp³-hybridized carbons (Fsp3) is 0.619. The number of rotatable bonds is 5. The van der Waals surface area contributed by atoms with Crippen molar-refractivity contribution in [1.82, 2.24) is 15.5 Å². The highest BCUT2D eigenvalue weighted by Crippen LogP contribution is 2.33. The van der Waals surface area contributed by atoms with E-state index < -0.39 is 0 Å². The summed E-state index contributed by atoms with van der Waals surface area (Å²) in [5.74, 6) is 1.24. The largest absolute Gasteiger partial charge is 0.450 e. The summed E-state index contributed by atoms with van der Waals surface area (Å²) in [7, 11) is 1.79. The van der Waals surface area contributed by atoms with E-state index in [1.807, 2.05) is 13.0 Å². The van der Waals surface area contributed by atoms with Gasteiger partial charge in [0.1, 0.15) is 0 Å². The lowest BCUT2D eigenvalue weighted by molar-refractivity contribution is 0.0914. The van der Waals surface area contributed by atoms with Crippen molar-refractivity contribution < 1.29 is 14.3 Å². The Morgan fingerprint density at radius 1 is 1.24 bits per heavy atom. The predicted octanol–water partition coefficient (Wildman–Crippen LogP) is 3.17. The number of hydrogen-bond donors (Lipinski definition) is 2. The second-order valence-corrected chi connectivity index (χ2v) is 7.31. The van der Waals surface area contributed by atoms with Crippen molar-refractivity contribution >= 4 is 36.0 Å². The maximum absolute atomic E-state index is 11.8. The Morgan fingerprint density at radius 3 is 2.62 bits per heavy atom. The Morgan fingerprint density at radius 2 is 1.97 bits per heavy atom. The first kappa shape index (κ1) is 23.7. The Hall–Kier alpha value is -1.55. The van der Waals surface area contributed by atoms with Gasteiger partial charge in [-0.3, -0.25) is 4.99 Å². The van der Waals surface area contributed by atoms with Crippen LogP contribution in [0.25, 0.3) is 0 Å². The number of ether oxygens (including phenoxy) is 2. The smallest absolute Gasteiger partial charge is 0.409 e. The second kappa shape index (κ2) is 12.2. The lowest BCUT2D eigenvalue weighted by Gasteiger charge is -2.32. The molecule has 0 aliphatic carbocycles. The molecule has 0 aromatic heterocycles. The third kappa shape index (κ3) is 6.74. The zero-order chi connectivity index (χ0) is 19.8. The monoisotopic (exact) mass is 516 g/mol. The van der Waals surface area contributed by atoms with Crippen LogP contribution < -0.4 is 10.6 Å². The number of benzene rings is 1. The topological polar surface area (TPSA) is 75.2 Å². The van der Waals surface area contributed by atoms with Crippen LogP contribution >= 0.6 is 24.0 Å². The van der Waals surface area contributed by atoms with E-state index >= 15 is 0 Å². The van der Waals surface area contributed by atoms with Crippen LogP contribution in [0.1, 0.15) is 37.9 Å². The molecule has 2 N–H and O–H groups in total. The molecule has 2 atom stereocenters. The second-order valence-electron chi connectivity index (χ2n) is 7.31. The van der Waals surface area contributed by atoms with Gasteiger partial charge >= 0.3 is 6.09 Å². The summed E-state index contributed by atoms with van der Waals surface area (Å²) in [5, 5.41) is 6.96. The molecule has 1 aromatic rings. The van der Waals surface area contributed by atoms with Crippen molar-refractivity contribution in [2.24, 2.45) is 10.9 Å². The van der Waals surface area contributed by atoms with Crippen LogP contribution in [0, 0.1) is 5.92 Å². The molecular formula is C21H33IN4O3. The molecule has 1 aromatic carbocycles. The molecule has 2 aliphatic rings. The SMILES string of the molecule is CCOC(=O)N1CCC(NC(=NC)NCC2CCOC2c2ccccc2)CC1.I. The number of nitrogens with zero attached hydrogens (tertiary/aromatic N) is 2. The van der Waals surface area contributed by atoms with Crippen molar-refractivity contribution in [2.45, 2.75) is 38.3 Å². The van der Waals surface area contributed by atoms with Crippen LogP contribution in [0.5, 0.6) is 0 Å². The quantitative estimate of drug-likeness (QED) is 0.358. The van der Waals surface area contributed by atoms with Crippen LogP contribution in [0.3, 0.4) is 0 Å². The van der Waals surface area contributed by atoms with Gasteiger partial charge in [0, 0.05) is 45.2 Å². The van der Waals surface area contributed by atoms with E-state index in [0.717, 1.165) is 38.4 Å². The predicted molar refractivity (Wildman–Crippen MR) is 125 cm³/mol. The van der Waals surface area contributed by atoms with Gasteiger partial charge < -0.3 is 25.0 Å². The molecule has 1 amide bonds. The Kier molecular flexibility index (Phi) is 9.99. The number of carbonyl (C=O) groups excluding carboxylic acids is 1. The summed E-state index contributed by atoms with van der Waals surface area (Å²) in [4.78, 5) is 18.0. The summed E-state index contributed by atoms with van der Waals surface area (Å²) >= 11 is 0. The van der Waals surface area contributed by atoms with Crippen LogP contribution in [0.4, 0.5) is 4.79 Å².